The molecule has 0 radical (unpaired) electrons. The van der Waals surface area contributed by atoms with Gasteiger partial charge in [-0.2, -0.15) is 0 Å². The molecule has 0 saturated carbocycles. The van der Waals surface area contributed by atoms with E-state index in [1.807, 2.05) is 0 Å². The molecule has 3 N–H and O–H groups in total. The number of nitrogens with one attached hydrogen (secondary N) is 2. The van der Waals surface area contributed by atoms with E-state index in [1.54, 1.807) is 0 Å². The Hall–Kier alpha value is -1.62. The molecule has 0 atom stereocenters. The minimum absolute atomic E-state index is 0.0113. The van der Waals surface area contributed by atoms with Gasteiger partial charge < -0.3 is 77.3 Å². The summed E-state index contributed by atoms with van der Waals surface area (Å²) >= 11 is 0. The van der Waals surface area contributed by atoms with Crippen molar-refractivity contribution in [1.82, 2.24) is 10.6 Å². The zero-order valence-electron chi connectivity index (χ0n) is 32.5. The number of aliphatic carboxylic acids is 1. The van der Waals surface area contributed by atoms with Gasteiger partial charge in [0, 0.05) is 19.6 Å². The maximum Gasteiger partial charge on any atom is 0.303 e. The smallest absolute Gasteiger partial charge is 0.303 e. The van der Waals surface area contributed by atoms with Crippen molar-refractivity contribution in [2.45, 2.75) is 38.2 Å². The summed E-state index contributed by atoms with van der Waals surface area (Å²) in [7, 11) is 0. The van der Waals surface area contributed by atoms with Crippen molar-refractivity contribution in [2.24, 2.45) is 0 Å². The number of amides is 1. The van der Waals surface area contributed by atoms with Crippen molar-refractivity contribution in [3.05, 3.63) is 0 Å². The first kappa shape index (κ1) is 50.4. The SMILES string of the molecule is O=C(O)CCC(=O)NCCCOCCOCCOCCOCCOCCOCCOCCOCCOCCOCCOCCOCCOC1CCNCC1. The predicted molar refractivity (Wildman–Crippen MR) is 196 cm³/mol. The summed E-state index contributed by atoms with van der Waals surface area (Å²) in [6.45, 7) is 15.1. The van der Waals surface area contributed by atoms with Crippen molar-refractivity contribution in [1.29, 1.82) is 0 Å². The molecule has 0 bridgehead atoms. The van der Waals surface area contributed by atoms with Crippen LogP contribution in [-0.4, -0.2) is 208 Å². The zero-order chi connectivity index (χ0) is 38.7. The van der Waals surface area contributed by atoms with E-state index in [0.29, 0.717) is 184 Å². The molecule has 1 aliphatic heterocycles. The number of carboxylic acids is 1. The molecule has 0 spiro atoms. The minimum atomic E-state index is -0.983. The molecule has 1 rings (SSSR count). The molecule has 320 valence electrons. The van der Waals surface area contributed by atoms with Crippen LogP contribution in [0.4, 0.5) is 0 Å². The summed E-state index contributed by atoms with van der Waals surface area (Å²) in [5, 5.41) is 14.5. The van der Waals surface area contributed by atoms with Crippen LogP contribution >= 0.6 is 0 Å². The average Bonchev–Trinajstić information content (AvgIpc) is 3.18. The Morgan fingerprint density at radius 2 is 0.741 bits per heavy atom. The van der Waals surface area contributed by atoms with E-state index in [-0.39, 0.29) is 18.7 Å². The maximum atomic E-state index is 11.4. The van der Waals surface area contributed by atoms with Gasteiger partial charge in [0.25, 0.3) is 0 Å². The highest BCUT2D eigenvalue weighted by Crippen LogP contribution is 2.06. The largest absolute Gasteiger partial charge is 0.481 e. The first-order valence-electron chi connectivity index (χ1n) is 19.4. The first-order chi connectivity index (χ1) is 26.7. The summed E-state index contributed by atoms with van der Waals surface area (Å²) in [5.74, 6) is -1.25. The van der Waals surface area contributed by atoms with Crippen molar-refractivity contribution in [2.75, 3.05) is 185 Å². The summed E-state index contributed by atoms with van der Waals surface area (Å²) < 4.78 is 71.5. The fourth-order valence-corrected chi connectivity index (χ4v) is 4.47. The molecular formula is C36H70N2O16. The minimum Gasteiger partial charge on any atom is -0.481 e. The molecule has 1 aliphatic rings. The number of rotatable bonds is 44. The summed E-state index contributed by atoms with van der Waals surface area (Å²) in [5.41, 5.74) is 0. The third kappa shape index (κ3) is 40.1. The van der Waals surface area contributed by atoms with E-state index in [0.717, 1.165) is 25.9 Å². The lowest BCUT2D eigenvalue weighted by Gasteiger charge is -2.22. The highest BCUT2D eigenvalue weighted by atomic mass is 16.6. The normalized spacial score (nSPS) is 13.5. The third-order valence-electron chi connectivity index (χ3n) is 7.31. The number of carbonyl (C=O) groups is 2. The Morgan fingerprint density at radius 1 is 0.444 bits per heavy atom. The molecule has 1 heterocycles. The van der Waals surface area contributed by atoms with Gasteiger partial charge in [-0.15, -0.1) is 0 Å². The fraction of sp³-hybridized carbons (Fsp3) is 0.944. The lowest BCUT2D eigenvalue weighted by molar-refractivity contribution is -0.138. The molecule has 18 nitrogen and oxygen atoms in total. The number of ether oxygens (including phenoxy) is 13. The molecule has 54 heavy (non-hydrogen) atoms. The van der Waals surface area contributed by atoms with Gasteiger partial charge in [0.05, 0.1) is 171 Å². The second-order valence-corrected chi connectivity index (χ2v) is 11.8. The van der Waals surface area contributed by atoms with Crippen LogP contribution in [0, 0.1) is 0 Å². The number of piperidine rings is 1. The Kier molecular flexibility index (Phi) is 39.7. The fourth-order valence-electron chi connectivity index (χ4n) is 4.47. The summed E-state index contributed by atoms with van der Waals surface area (Å²) in [4.78, 5) is 21.8. The van der Waals surface area contributed by atoms with Crippen LogP contribution in [0.5, 0.6) is 0 Å². The van der Waals surface area contributed by atoms with Crippen molar-refractivity contribution < 1.29 is 76.3 Å². The molecule has 0 aromatic carbocycles. The number of carboxylic acid groups (broad SMARTS) is 1. The topological polar surface area (TPSA) is 198 Å². The van der Waals surface area contributed by atoms with Crippen molar-refractivity contribution in [3.63, 3.8) is 0 Å². The Bertz CT molecular complexity index is 798. The second kappa shape index (κ2) is 42.5. The van der Waals surface area contributed by atoms with Gasteiger partial charge in [-0.25, -0.2) is 0 Å². The highest BCUT2D eigenvalue weighted by Gasteiger charge is 2.12. The van der Waals surface area contributed by atoms with E-state index in [4.69, 9.17) is 66.7 Å². The molecule has 0 aromatic rings. The molecule has 1 saturated heterocycles. The number of carbonyl (C=O) groups excluding carboxylic acids is 1. The van der Waals surface area contributed by atoms with E-state index in [9.17, 15) is 9.59 Å². The van der Waals surface area contributed by atoms with Gasteiger partial charge in [0.1, 0.15) is 0 Å². The molecule has 1 amide bonds. The second-order valence-electron chi connectivity index (χ2n) is 11.8. The molecular weight excluding hydrogens is 716 g/mol. The van der Waals surface area contributed by atoms with Crippen LogP contribution in [-0.2, 0) is 71.2 Å². The summed E-state index contributed by atoms with van der Waals surface area (Å²) in [6, 6.07) is 0. The molecule has 0 aliphatic carbocycles. The molecule has 0 aromatic heterocycles. The Balaban J connectivity index is 1.61. The predicted octanol–water partition coefficient (Wildman–Crippen LogP) is 0.325. The average molecular weight is 787 g/mol. The van der Waals surface area contributed by atoms with Gasteiger partial charge in [-0.1, -0.05) is 0 Å². The van der Waals surface area contributed by atoms with E-state index < -0.39 is 5.97 Å². The third-order valence-corrected chi connectivity index (χ3v) is 7.31. The van der Waals surface area contributed by atoms with Gasteiger partial charge in [-0.3, -0.25) is 9.59 Å². The van der Waals surface area contributed by atoms with Gasteiger partial charge in [0.2, 0.25) is 5.91 Å². The van der Waals surface area contributed by atoms with Gasteiger partial charge >= 0.3 is 5.97 Å². The Morgan fingerprint density at radius 3 is 1.06 bits per heavy atom. The Labute approximate surface area is 321 Å². The molecule has 18 heteroatoms. The summed E-state index contributed by atoms with van der Waals surface area (Å²) in [6.07, 6.45) is 2.99. The van der Waals surface area contributed by atoms with Crippen LogP contribution in [0.1, 0.15) is 32.1 Å². The lowest BCUT2D eigenvalue weighted by atomic mass is 10.1. The first-order valence-corrected chi connectivity index (χ1v) is 19.4. The standard InChI is InChI=1S/C36H70N2O16/c39-35(2-3-36(40)41)38-6-1-9-42-10-11-43-12-13-44-14-15-45-16-17-46-18-19-47-20-21-48-22-23-49-24-25-50-26-27-51-28-29-52-30-31-53-32-33-54-34-4-7-37-8-5-34/h34,37H,1-33H2,(H,38,39)(H,40,41). The van der Waals surface area contributed by atoms with Gasteiger partial charge in [0.15, 0.2) is 0 Å². The highest BCUT2D eigenvalue weighted by molar-refractivity contribution is 5.80. The van der Waals surface area contributed by atoms with E-state index in [2.05, 4.69) is 10.6 Å². The molecule has 1 fully saturated rings. The zero-order valence-corrected chi connectivity index (χ0v) is 32.5. The van der Waals surface area contributed by atoms with Crippen molar-refractivity contribution >= 4 is 11.9 Å². The van der Waals surface area contributed by atoms with Crippen LogP contribution in [0.15, 0.2) is 0 Å². The quantitative estimate of drug-likeness (QED) is 0.0714. The monoisotopic (exact) mass is 786 g/mol. The van der Waals surface area contributed by atoms with Crippen LogP contribution < -0.4 is 10.6 Å². The van der Waals surface area contributed by atoms with Crippen LogP contribution in [0.2, 0.25) is 0 Å². The maximum absolute atomic E-state index is 11.4. The lowest BCUT2D eigenvalue weighted by Crippen LogP contribution is -2.33. The van der Waals surface area contributed by atoms with Gasteiger partial charge in [-0.05, 0) is 32.4 Å². The van der Waals surface area contributed by atoms with Crippen LogP contribution in [0.25, 0.3) is 0 Å². The molecule has 0 unspecified atom stereocenters. The van der Waals surface area contributed by atoms with Crippen molar-refractivity contribution in [3.8, 4) is 0 Å². The van der Waals surface area contributed by atoms with E-state index in [1.165, 1.54) is 0 Å². The number of hydrogen-bond donors (Lipinski definition) is 3. The van der Waals surface area contributed by atoms with E-state index >= 15 is 0 Å². The number of hydrogen-bond acceptors (Lipinski definition) is 16. The van der Waals surface area contributed by atoms with Crippen LogP contribution in [0.3, 0.4) is 0 Å².